The molecule has 1 aromatic carbocycles. The summed E-state index contributed by atoms with van der Waals surface area (Å²) in [5.41, 5.74) is -0.361. The van der Waals surface area contributed by atoms with Crippen molar-refractivity contribution < 1.29 is 22.7 Å². The molecule has 1 atom stereocenters. The van der Waals surface area contributed by atoms with E-state index in [0.717, 1.165) is 82.3 Å². The van der Waals surface area contributed by atoms with Crippen molar-refractivity contribution in [2.24, 2.45) is 0 Å². The van der Waals surface area contributed by atoms with Crippen molar-refractivity contribution >= 4 is 29.1 Å². The lowest BCUT2D eigenvalue weighted by Gasteiger charge is -2.32. The van der Waals surface area contributed by atoms with E-state index < -0.39 is 29.3 Å². The molecule has 0 radical (unpaired) electrons. The second-order valence-corrected chi connectivity index (χ2v) is 11.0. The summed E-state index contributed by atoms with van der Waals surface area (Å²) in [6, 6.07) is 2.43. The lowest BCUT2D eigenvalue weighted by Crippen LogP contribution is -2.45. The van der Waals surface area contributed by atoms with Gasteiger partial charge in [-0.1, -0.05) is 17.7 Å². The molecule has 0 aliphatic carbocycles. The van der Waals surface area contributed by atoms with E-state index in [0.29, 0.717) is 24.2 Å². The monoisotopic (exact) mass is 627 g/mol. The van der Waals surface area contributed by atoms with E-state index in [1.165, 1.54) is 6.20 Å². The summed E-state index contributed by atoms with van der Waals surface area (Å²) < 4.78 is 48.9. The molecule has 1 N–H and O–H groups in total. The van der Waals surface area contributed by atoms with Gasteiger partial charge in [0.15, 0.2) is 5.82 Å². The van der Waals surface area contributed by atoms with Crippen molar-refractivity contribution in [1.82, 2.24) is 34.6 Å². The Morgan fingerprint density at radius 1 is 1.09 bits per heavy atom. The minimum absolute atomic E-state index is 0.201. The van der Waals surface area contributed by atoms with Gasteiger partial charge < -0.3 is 15.0 Å². The van der Waals surface area contributed by atoms with Crippen LogP contribution >= 0.6 is 11.6 Å². The Labute approximate surface area is 256 Å². The molecule has 0 spiro atoms. The number of carbonyl (C=O) groups excluding carboxylic acids is 1. The summed E-state index contributed by atoms with van der Waals surface area (Å²) in [4.78, 5) is 34.8. The number of carbonyl (C=O) groups is 1. The highest BCUT2D eigenvalue weighted by molar-refractivity contribution is 6.31. The third-order valence-corrected chi connectivity index (χ3v) is 7.91. The Morgan fingerprint density at radius 3 is 2.66 bits per heavy atom. The molecule has 2 saturated heterocycles. The first-order valence-corrected chi connectivity index (χ1v) is 14.5. The van der Waals surface area contributed by atoms with Gasteiger partial charge in [0.2, 0.25) is 5.95 Å². The van der Waals surface area contributed by atoms with Crippen LogP contribution in [0.5, 0.6) is 0 Å². The zero-order chi connectivity index (χ0) is 30.6. The Morgan fingerprint density at radius 2 is 1.89 bits per heavy atom. The van der Waals surface area contributed by atoms with Crippen LogP contribution in [0.25, 0.3) is 11.3 Å². The molecule has 11 nitrogen and oxygen atoms in total. The van der Waals surface area contributed by atoms with Gasteiger partial charge in [-0.25, -0.2) is 28.1 Å². The quantitative estimate of drug-likeness (QED) is 0.287. The third-order valence-electron chi connectivity index (χ3n) is 7.62. The third kappa shape index (κ3) is 6.66. The number of hydrogen-bond donors (Lipinski definition) is 1. The van der Waals surface area contributed by atoms with Crippen LogP contribution in [-0.2, 0) is 11.3 Å². The van der Waals surface area contributed by atoms with Crippen LogP contribution < -0.4 is 10.2 Å². The lowest BCUT2D eigenvalue weighted by molar-refractivity contribution is 0.0354. The molecule has 44 heavy (non-hydrogen) atoms. The van der Waals surface area contributed by atoms with Crippen LogP contribution in [0.3, 0.4) is 0 Å². The Hall–Kier alpha value is -4.14. The SMILES string of the molecule is O=C(Nc1cnn(Cc2cnc(N3CCCC3CN3CCOCC3)nc2)c1)c1cncc(-c2c(C(F)F)ccc(Cl)c2F)n1. The number of amides is 1. The standard InChI is InChI=1S/C29H29ClF3N9O2/c30-22-4-3-21(27(32)33)25(26(22)31)23-13-34-14-24(39-23)28(43)38-19-12-37-41(16-19)15-18-10-35-29(36-11-18)42-5-1-2-20(42)17-40-6-8-44-9-7-40/h3-4,10-14,16,20,27H,1-2,5-9,15,17H2,(H,38,43). The van der Waals surface area contributed by atoms with Crippen molar-refractivity contribution in [3.63, 3.8) is 0 Å². The van der Waals surface area contributed by atoms with Crippen LogP contribution in [0.15, 0.2) is 49.3 Å². The number of morpholine rings is 1. The second-order valence-electron chi connectivity index (χ2n) is 10.6. The first-order chi connectivity index (χ1) is 21.4. The lowest BCUT2D eigenvalue weighted by atomic mass is 10.0. The highest BCUT2D eigenvalue weighted by Crippen LogP contribution is 2.35. The Balaban J connectivity index is 1.09. The minimum Gasteiger partial charge on any atom is -0.379 e. The largest absolute Gasteiger partial charge is 0.379 e. The molecule has 230 valence electrons. The number of nitrogens with zero attached hydrogens (tertiary/aromatic N) is 8. The number of ether oxygens (including phenoxy) is 1. The highest BCUT2D eigenvalue weighted by Gasteiger charge is 2.29. The fourth-order valence-corrected chi connectivity index (χ4v) is 5.61. The average Bonchev–Trinajstić information content (AvgIpc) is 3.68. The zero-order valence-corrected chi connectivity index (χ0v) is 24.3. The molecule has 2 aliphatic heterocycles. The molecule has 2 fully saturated rings. The van der Waals surface area contributed by atoms with Gasteiger partial charge in [0.1, 0.15) is 5.69 Å². The maximum atomic E-state index is 14.7. The molecule has 1 amide bonds. The molecule has 2 aliphatic rings. The summed E-state index contributed by atoms with van der Waals surface area (Å²) in [7, 11) is 0. The van der Waals surface area contributed by atoms with E-state index >= 15 is 0 Å². The predicted molar refractivity (Wildman–Crippen MR) is 156 cm³/mol. The number of alkyl halides is 2. The summed E-state index contributed by atoms with van der Waals surface area (Å²) in [5.74, 6) is -1.03. The van der Waals surface area contributed by atoms with Crippen LogP contribution in [0, 0.1) is 5.82 Å². The van der Waals surface area contributed by atoms with E-state index in [1.54, 1.807) is 23.3 Å². The van der Waals surface area contributed by atoms with Gasteiger partial charge in [0.25, 0.3) is 12.3 Å². The molecule has 0 saturated carbocycles. The predicted octanol–water partition coefficient (Wildman–Crippen LogP) is 4.46. The van der Waals surface area contributed by atoms with Gasteiger partial charge in [-0.15, -0.1) is 0 Å². The molecular formula is C29H29ClF3N9O2. The number of anilines is 2. The number of nitrogens with one attached hydrogen (secondary N) is 1. The van der Waals surface area contributed by atoms with Crippen molar-refractivity contribution in [2.45, 2.75) is 31.9 Å². The van der Waals surface area contributed by atoms with E-state index in [2.05, 4.69) is 40.2 Å². The van der Waals surface area contributed by atoms with E-state index in [4.69, 9.17) is 16.3 Å². The van der Waals surface area contributed by atoms with E-state index in [-0.39, 0.29) is 16.4 Å². The van der Waals surface area contributed by atoms with Crippen LogP contribution in [-0.4, -0.2) is 86.0 Å². The fraction of sp³-hybridized carbons (Fsp3) is 0.379. The minimum atomic E-state index is -2.99. The number of halogens is 4. The number of hydrogen-bond acceptors (Lipinski definition) is 9. The Bertz CT molecular complexity index is 1620. The van der Waals surface area contributed by atoms with Gasteiger partial charge in [0.05, 0.1) is 54.8 Å². The van der Waals surface area contributed by atoms with Crippen molar-refractivity contribution in [3.8, 4) is 11.3 Å². The van der Waals surface area contributed by atoms with Gasteiger partial charge >= 0.3 is 0 Å². The van der Waals surface area contributed by atoms with Crippen molar-refractivity contribution in [2.75, 3.05) is 49.6 Å². The zero-order valence-electron chi connectivity index (χ0n) is 23.5. The summed E-state index contributed by atoms with van der Waals surface area (Å²) in [5, 5.41) is 6.59. The Kier molecular flexibility index (Phi) is 9.00. The molecule has 3 aromatic heterocycles. The smallest absolute Gasteiger partial charge is 0.275 e. The normalized spacial score (nSPS) is 17.4. The van der Waals surface area contributed by atoms with Gasteiger partial charge in [-0.3, -0.25) is 19.4 Å². The number of rotatable bonds is 9. The maximum absolute atomic E-state index is 14.7. The topological polar surface area (TPSA) is 114 Å². The van der Waals surface area contributed by atoms with E-state index in [9.17, 15) is 18.0 Å². The number of aromatic nitrogens is 6. The van der Waals surface area contributed by atoms with Gasteiger partial charge in [-0.2, -0.15) is 5.10 Å². The second kappa shape index (κ2) is 13.2. The molecule has 6 rings (SSSR count). The summed E-state index contributed by atoms with van der Waals surface area (Å²) >= 11 is 5.81. The van der Waals surface area contributed by atoms with E-state index in [1.807, 2.05) is 0 Å². The van der Waals surface area contributed by atoms with Crippen LogP contribution in [0.4, 0.5) is 24.8 Å². The first kappa shape index (κ1) is 29.9. The van der Waals surface area contributed by atoms with Gasteiger partial charge in [0, 0.05) is 67.5 Å². The van der Waals surface area contributed by atoms with Crippen LogP contribution in [0.1, 0.15) is 40.9 Å². The maximum Gasteiger partial charge on any atom is 0.275 e. The van der Waals surface area contributed by atoms with Gasteiger partial charge in [-0.05, 0) is 18.9 Å². The highest BCUT2D eigenvalue weighted by atomic mass is 35.5. The molecule has 4 aromatic rings. The molecule has 0 bridgehead atoms. The van der Waals surface area contributed by atoms with Crippen molar-refractivity contribution in [1.29, 1.82) is 0 Å². The van der Waals surface area contributed by atoms with Crippen molar-refractivity contribution in [3.05, 3.63) is 77.0 Å². The van der Waals surface area contributed by atoms with Crippen LogP contribution in [0.2, 0.25) is 5.02 Å². The summed E-state index contributed by atoms with van der Waals surface area (Å²) in [6.45, 7) is 5.70. The fourth-order valence-electron chi connectivity index (χ4n) is 5.45. The summed E-state index contributed by atoms with van der Waals surface area (Å²) in [6.07, 6.45) is 8.09. The molecular weight excluding hydrogens is 599 g/mol. The first-order valence-electron chi connectivity index (χ1n) is 14.2. The number of benzene rings is 1. The molecule has 1 unspecified atom stereocenters. The molecule has 5 heterocycles. The molecule has 15 heteroatoms. The average molecular weight is 628 g/mol.